The first-order valence-electron chi connectivity index (χ1n) is 6.82. The zero-order valence-corrected chi connectivity index (χ0v) is 11.5. The normalized spacial score (nSPS) is 18.8. The minimum atomic E-state index is -0.541. The lowest BCUT2D eigenvalue weighted by Crippen LogP contribution is -2.23. The van der Waals surface area contributed by atoms with E-state index >= 15 is 0 Å². The first kappa shape index (κ1) is 14.7. The van der Waals surface area contributed by atoms with Crippen molar-refractivity contribution in [3.8, 4) is 0 Å². The van der Waals surface area contributed by atoms with E-state index in [2.05, 4.69) is 4.98 Å². The van der Waals surface area contributed by atoms with Crippen molar-refractivity contribution in [2.75, 3.05) is 13.2 Å². The van der Waals surface area contributed by atoms with Crippen LogP contribution < -0.4 is 5.43 Å². The molecule has 0 amide bonds. The Bertz CT molecular complexity index is 505. The lowest BCUT2D eigenvalue weighted by atomic mass is 10.2. The minimum Gasteiger partial charge on any atom is -0.461 e. The molecule has 0 bridgehead atoms. The van der Waals surface area contributed by atoms with Crippen LogP contribution in [0.3, 0.4) is 0 Å². The molecule has 0 aromatic carbocycles. The van der Waals surface area contributed by atoms with E-state index in [-0.39, 0.29) is 30.6 Å². The smallest absolute Gasteiger partial charge is 0.354 e. The number of aromatic nitrogens is 1. The molecular formula is C14H19NO5. The van der Waals surface area contributed by atoms with Gasteiger partial charge in [-0.3, -0.25) is 4.79 Å². The lowest BCUT2D eigenvalue weighted by Gasteiger charge is -2.22. The number of hydrogen-bond acceptors (Lipinski definition) is 5. The van der Waals surface area contributed by atoms with Gasteiger partial charge in [0.25, 0.3) is 0 Å². The first-order chi connectivity index (χ1) is 9.69. The molecule has 6 nitrogen and oxygen atoms in total. The zero-order chi connectivity index (χ0) is 14.4. The maximum Gasteiger partial charge on any atom is 0.354 e. The third kappa shape index (κ3) is 4.18. The molecule has 1 unspecified atom stereocenters. The molecule has 110 valence electrons. The van der Waals surface area contributed by atoms with Crippen molar-refractivity contribution in [3.05, 3.63) is 33.7 Å². The van der Waals surface area contributed by atoms with E-state index < -0.39 is 5.97 Å². The van der Waals surface area contributed by atoms with Crippen LogP contribution in [-0.4, -0.2) is 30.5 Å². The third-order valence-corrected chi connectivity index (χ3v) is 2.96. The largest absolute Gasteiger partial charge is 0.461 e. The Balaban J connectivity index is 2.00. The van der Waals surface area contributed by atoms with Gasteiger partial charge in [0.05, 0.1) is 13.2 Å². The number of carbonyl (C=O) groups is 1. The molecule has 1 aliphatic rings. The van der Waals surface area contributed by atoms with Gasteiger partial charge in [-0.1, -0.05) is 0 Å². The quantitative estimate of drug-likeness (QED) is 0.829. The van der Waals surface area contributed by atoms with Gasteiger partial charge in [0, 0.05) is 24.4 Å². The van der Waals surface area contributed by atoms with Crippen molar-refractivity contribution in [1.29, 1.82) is 0 Å². The van der Waals surface area contributed by atoms with E-state index in [0.717, 1.165) is 19.3 Å². The summed E-state index contributed by atoms with van der Waals surface area (Å²) in [6, 6.07) is 2.63. The van der Waals surface area contributed by atoms with Crippen molar-refractivity contribution >= 4 is 5.97 Å². The number of carbonyl (C=O) groups excluding carboxylic acids is 1. The molecule has 0 radical (unpaired) electrons. The van der Waals surface area contributed by atoms with Crippen molar-refractivity contribution in [2.45, 2.75) is 39.1 Å². The van der Waals surface area contributed by atoms with Crippen LogP contribution in [0.4, 0.5) is 0 Å². The van der Waals surface area contributed by atoms with E-state index in [0.29, 0.717) is 12.3 Å². The summed E-state index contributed by atoms with van der Waals surface area (Å²) in [4.78, 5) is 26.0. The van der Waals surface area contributed by atoms with E-state index in [9.17, 15) is 9.59 Å². The molecular weight excluding hydrogens is 262 g/mol. The van der Waals surface area contributed by atoms with E-state index in [1.165, 1.54) is 12.1 Å². The van der Waals surface area contributed by atoms with Crippen molar-refractivity contribution in [3.63, 3.8) is 0 Å². The van der Waals surface area contributed by atoms with Gasteiger partial charge in [-0.15, -0.1) is 0 Å². The van der Waals surface area contributed by atoms with Gasteiger partial charge in [-0.25, -0.2) is 4.79 Å². The standard InChI is InChI=1S/C14H19NO5/c1-2-18-14(17)12-8-11(16)7-10(15-12)9-20-13-5-3-4-6-19-13/h7-8,13H,2-6,9H2,1H3,(H,15,16). The Labute approximate surface area is 117 Å². The summed E-state index contributed by atoms with van der Waals surface area (Å²) < 4.78 is 15.9. The number of esters is 1. The fraction of sp³-hybridized carbons (Fsp3) is 0.571. The maximum absolute atomic E-state index is 11.6. The molecule has 2 rings (SSSR count). The Morgan fingerprint density at radius 1 is 1.45 bits per heavy atom. The van der Waals surface area contributed by atoms with Crippen LogP contribution in [0.2, 0.25) is 0 Å². The molecule has 1 N–H and O–H groups in total. The molecule has 1 aromatic rings. The molecule has 1 aliphatic heterocycles. The summed E-state index contributed by atoms with van der Waals surface area (Å²) in [6.07, 6.45) is 2.74. The van der Waals surface area contributed by atoms with Gasteiger partial charge < -0.3 is 19.2 Å². The van der Waals surface area contributed by atoms with E-state index in [1.807, 2.05) is 0 Å². The topological polar surface area (TPSA) is 77.6 Å². The molecule has 1 aromatic heterocycles. The second-order valence-corrected chi connectivity index (χ2v) is 4.58. The van der Waals surface area contributed by atoms with Crippen LogP contribution in [0.1, 0.15) is 42.4 Å². The molecule has 1 atom stereocenters. The number of ether oxygens (including phenoxy) is 3. The van der Waals surface area contributed by atoms with Crippen LogP contribution in [-0.2, 0) is 20.8 Å². The molecule has 1 fully saturated rings. The summed E-state index contributed by atoms with van der Waals surface area (Å²) in [7, 11) is 0. The number of aromatic amines is 1. The fourth-order valence-electron chi connectivity index (χ4n) is 2.02. The predicted molar refractivity (Wildman–Crippen MR) is 71.4 cm³/mol. The second kappa shape index (κ2) is 7.21. The summed E-state index contributed by atoms with van der Waals surface area (Å²) >= 11 is 0. The van der Waals surface area contributed by atoms with E-state index in [4.69, 9.17) is 14.2 Å². The maximum atomic E-state index is 11.6. The predicted octanol–water partition coefficient (Wildman–Crippen LogP) is 1.59. The van der Waals surface area contributed by atoms with Gasteiger partial charge in [0.1, 0.15) is 5.69 Å². The highest BCUT2D eigenvalue weighted by Gasteiger charge is 2.15. The van der Waals surface area contributed by atoms with Crippen molar-refractivity contribution in [2.24, 2.45) is 0 Å². The fourth-order valence-corrected chi connectivity index (χ4v) is 2.02. The summed E-state index contributed by atoms with van der Waals surface area (Å²) in [5, 5.41) is 0. The lowest BCUT2D eigenvalue weighted by molar-refractivity contribution is -0.169. The van der Waals surface area contributed by atoms with Crippen LogP contribution in [0.15, 0.2) is 16.9 Å². The molecule has 0 aliphatic carbocycles. The van der Waals surface area contributed by atoms with Gasteiger partial charge in [-0.05, 0) is 26.2 Å². The third-order valence-electron chi connectivity index (χ3n) is 2.96. The van der Waals surface area contributed by atoms with E-state index in [1.54, 1.807) is 6.92 Å². The Morgan fingerprint density at radius 2 is 2.30 bits per heavy atom. The summed E-state index contributed by atoms with van der Waals surface area (Å²) in [5.41, 5.74) is 0.423. The zero-order valence-electron chi connectivity index (χ0n) is 11.5. The molecule has 2 heterocycles. The molecule has 1 saturated heterocycles. The van der Waals surface area contributed by atoms with Crippen LogP contribution in [0, 0.1) is 0 Å². The number of nitrogens with one attached hydrogen (secondary N) is 1. The van der Waals surface area contributed by atoms with Crippen LogP contribution >= 0.6 is 0 Å². The van der Waals surface area contributed by atoms with Gasteiger partial charge in [0.15, 0.2) is 11.7 Å². The number of hydrogen-bond donors (Lipinski definition) is 1. The van der Waals surface area contributed by atoms with Gasteiger partial charge in [0.2, 0.25) is 0 Å². The average molecular weight is 281 g/mol. The Kier molecular flexibility index (Phi) is 5.31. The summed E-state index contributed by atoms with van der Waals surface area (Å²) in [5.74, 6) is -0.541. The number of pyridine rings is 1. The monoisotopic (exact) mass is 281 g/mol. The van der Waals surface area contributed by atoms with Gasteiger partial charge >= 0.3 is 5.97 Å². The molecule has 0 saturated carbocycles. The Hall–Kier alpha value is -1.66. The minimum absolute atomic E-state index is 0.141. The molecule has 6 heteroatoms. The number of H-pyrrole nitrogens is 1. The number of rotatable bonds is 5. The Morgan fingerprint density at radius 3 is 3.00 bits per heavy atom. The highest BCUT2D eigenvalue weighted by molar-refractivity contribution is 5.87. The average Bonchev–Trinajstić information content (AvgIpc) is 2.46. The van der Waals surface area contributed by atoms with Crippen LogP contribution in [0.25, 0.3) is 0 Å². The van der Waals surface area contributed by atoms with Crippen molar-refractivity contribution < 1.29 is 19.0 Å². The van der Waals surface area contributed by atoms with Crippen LogP contribution in [0.5, 0.6) is 0 Å². The highest BCUT2D eigenvalue weighted by atomic mass is 16.7. The molecule has 0 spiro atoms. The SMILES string of the molecule is CCOC(=O)c1cc(=O)cc(COC2CCCCO2)[nH]1. The summed E-state index contributed by atoms with van der Waals surface area (Å²) in [6.45, 7) is 2.87. The van der Waals surface area contributed by atoms with Crippen molar-refractivity contribution in [1.82, 2.24) is 4.98 Å². The highest BCUT2D eigenvalue weighted by Crippen LogP contribution is 2.14. The molecule has 20 heavy (non-hydrogen) atoms. The first-order valence-corrected chi connectivity index (χ1v) is 6.82. The second-order valence-electron chi connectivity index (χ2n) is 4.58. The van der Waals surface area contributed by atoms with Gasteiger partial charge in [-0.2, -0.15) is 0 Å².